The van der Waals surface area contributed by atoms with Crippen molar-refractivity contribution in [1.29, 1.82) is 0 Å². The van der Waals surface area contributed by atoms with Crippen LogP contribution in [0.1, 0.15) is 24.1 Å². The van der Waals surface area contributed by atoms with Crippen molar-refractivity contribution in [3.05, 3.63) is 88.9 Å². The quantitative estimate of drug-likeness (QED) is 0.514. The Bertz CT molecular complexity index is 1180. The summed E-state index contributed by atoms with van der Waals surface area (Å²) in [6, 6.07) is 20.2. The lowest BCUT2D eigenvalue weighted by Gasteiger charge is -2.25. The summed E-state index contributed by atoms with van der Waals surface area (Å²) < 4.78 is 33.2. The molecule has 0 aliphatic heterocycles. The van der Waals surface area contributed by atoms with Gasteiger partial charge in [-0.25, -0.2) is 8.42 Å². The van der Waals surface area contributed by atoms with Crippen LogP contribution in [0, 0.1) is 6.92 Å². The van der Waals surface area contributed by atoms with Crippen molar-refractivity contribution in [2.45, 2.75) is 24.8 Å². The molecule has 168 valence electrons. The maximum Gasteiger partial charge on any atom is 0.264 e. The molecule has 0 saturated heterocycles. The van der Waals surface area contributed by atoms with E-state index in [-0.39, 0.29) is 21.6 Å². The first-order valence-corrected chi connectivity index (χ1v) is 11.8. The van der Waals surface area contributed by atoms with Crippen LogP contribution in [0.2, 0.25) is 5.02 Å². The molecule has 0 aliphatic rings. The lowest BCUT2D eigenvalue weighted by atomic mass is 10.1. The molecule has 6 nitrogen and oxygen atoms in total. The molecule has 0 aromatic heterocycles. The molecule has 1 atom stereocenters. The third-order valence-electron chi connectivity index (χ3n) is 5.00. The first-order chi connectivity index (χ1) is 15.2. The number of nitrogens with one attached hydrogen (secondary N) is 1. The number of halogens is 1. The zero-order valence-electron chi connectivity index (χ0n) is 18.1. The molecule has 1 amide bonds. The molecule has 0 bridgehead atoms. The number of carbonyl (C=O) groups excluding carboxylic acids is 1. The summed E-state index contributed by atoms with van der Waals surface area (Å²) in [5, 5.41) is 3.11. The number of carbonyl (C=O) groups is 1. The fourth-order valence-corrected chi connectivity index (χ4v) is 4.87. The van der Waals surface area contributed by atoms with Crippen molar-refractivity contribution in [3.63, 3.8) is 0 Å². The summed E-state index contributed by atoms with van der Waals surface area (Å²) in [6.45, 7) is 3.31. The highest BCUT2D eigenvalue weighted by molar-refractivity contribution is 7.92. The van der Waals surface area contributed by atoms with E-state index in [4.69, 9.17) is 16.3 Å². The number of ether oxygens (including phenoxy) is 1. The highest BCUT2D eigenvalue weighted by Crippen LogP contribution is 2.32. The average molecular weight is 473 g/mol. The van der Waals surface area contributed by atoms with Gasteiger partial charge < -0.3 is 10.1 Å². The van der Waals surface area contributed by atoms with Gasteiger partial charge in [0.2, 0.25) is 5.91 Å². The predicted molar refractivity (Wildman–Crippen MR) is 127 cm³/mol. The van der Waals surface area contributed by atoms with Crippen molar-refractivity contribution >= 4 is 33.2 Å². The van der Waals surface area contributed by atoms with Gasteiger partial charge in [0, 0.05) is 0 Å². The van der Waals surface area contributed by atoms with Crippen molar-refractivity contribution in [3.8, 4) is 5.75 Å². The van der Waals surface area contributed by atoms with Crippen LogP contribution in [0.25, 0.3) is 0 Å². The molecule has 0 radical (unpaired) electrons. The van der Waals surface area contributed by atoms with Crippen LogP contribution in [-0.2, 0) is 14.8 Å². The van der Waals surface area contributed by atoms with Gasteiger partial charge in [0.15, 0.2) is 0 Å². The second-order valence-electron chi connectivity index (χ2n) is 7.34. The number of aryl methyl sites for hydroxylation is 1. The summed E-state index contributed by atoms with van der Waals surface area (Å²) in [5.41, 5.74) is 2.11. The van der Waals surface area contributed by atoms with Gasteiger partial charge in [-0.15, -0.1) is 0 Å². The Kier molecular flexibility index (Phi) is 7.43. The number of anilines is 1. The zero-order valence-corrected chi connectivity index (χ0v) is 19.7. The number of amides is 1. The molecular weight excluding hydrogens is 448 g/mol. The van der Waals surface area contributed by atoms with Gasteiger partial charge in [-0.3, -0.25) is 9.10 Å². The normalized spacial score (nSPS) is 12.1. The number of rotatable bonds is 8. The smallest absolute Gasteiger partial charge is 0.264 e. The highest BCUT2D eigenvalue weighted by atomic mass is 35.5. The number of hydrogen-bond acceptors (Lipinski definition) is 4. The van der Waals surface area contributed by atoms with E-state index in [1.54, 1.807) is 24.3 Å². The fraction of sp³-hybridized carbons (Fsp3) is 0.208. The third-order valence-corrected chi connectivity index (χ3v) is 7.08. The standard InChI is InChI=1S/C24H25ClN2O4S/c1-17-9-12-21(13-10-17)32(29,30)27(20-11-14-23(31-3)22(25)15-20)16-24(28)26-18(2)19-7-5-4-6-8-19/h4-15,18H,16H2,1-3H3,(H,26,28)/t18-/m1/s1. The van der Waals surface area contributed by atoms with E-state index in [2.05, 4.69) is 5.32 Å². The largest absolute Gasteiger partial charge is 0.495 e. The molecule has 3 aromatic carbocycles. The molecule has 0 aliphatic carbocycles. The monoisotopic (exact) mass is 472 g/mol. The Labute approximate surface area is 193 Å². The van der Waals surface area contributed by atoms with E-state index < -0.39 is 22.5 Å². The Balaban J connectivity index is 1.94. The summed E-state index contributed by atoms with van der Waals surface area (Å²) in [4.78, 5) is 13.0. The van der Waals surface area contributed by atoms with Crippen molar-refractivity contribution in [2.24, 2.45) is 0 Å². The van der Waals surface area contributed by atoms with E-state index in [9.17, 15) is 13.2 Å². The maximum absolute atomic E-state index is 13.5. The predicted octanol–water partition coefficient (Wildman–Crippen LogP) is 4.73. The molecule has 0 spiro atoms. The number of benzene rings is 3. The van der Waals surface area contributed by atoms with Gasteiger partial charge >= 0.3 is 0 Å². The van der Waals surface area contributed by atoms with E-state index >= 15 is 0 Å². The lowest BCUT2D eigenvalue weighted by Crippen LogP contribution is -2.41. The van der Waals surface area contributed by atoms with Gasteiger partial charge in [-0.2, -0.15) is 0 Å². The van der Waals surface area contributed by atoms with Crippen LogP contribution in [0.4, 0.5) is 5.69 Å². The maximum atomic E-state index is 13.5. The van der Waals surface area contributed by atoms with Gasteiger partial charge in [-0.1, -0.05) is 59.6 Å². The summed E-state index contributed by atoms with van der Waals surface area (Å²) in [6.07, 6.45) is 0. The van der Waals surface area contributed by atoms with Crippen LogP contribution in [0.3, 0.4) is 0 Å². The van der Waals surface area contributed by atoms with E-state index in [1.165, 1.54) is 25.3 Å². The molecule has 3 rings (SSSR count). The highest BCUT2D eigenvalue weighted by Gasteiger charge is 2.28. The number of nitrogens with zero attached hydrogens (tertiary/aromatic N) is 1. The van der Waals surface area contributed by atoms with Crippen molar-refractivity contribution in [2.75, 3.05) is 18.0 Å². The molecule has 32 heavy (non-hydrogen) atoms. The van der Waals surface area contributed by atoms with Gasteiger partial charge in [0.1, 0.15) is 12.3 Å². The van der Waals surface area contributed by atoms with Crippen LogP contribution in [-0.4, -0.2) is 28.0 Å². The Hall–Kier alpha value is -3.03. The summed E-state index contributed by atoms with van der Waals surface area (Å²) in [7, 11) is -2.56. The van der Waals surface area contributed by atoms with E-state index in [0.29, 0.717) is 5.75 Å². The molecule has 0 unspecified atom stereocenters. The van der Waals surface area contributed by atoms with Gasteiger partial charge in [0.05, 0.1) is 28.8 Å². The molecular formula is C24H25ClN2O4S. The van der Waals surface area contributed by atoms with E-state index in [1.807, 2.05) is 44.2 Å². The number of hydrogen-bond donors (Lipinski definition) is 1. The van der Waals surface area contributed by atoms with Crippen LogP contribution in [0.5, 0.6) is 5.75 Å². The Morgan fingerprint density at radius 3 is 2.31 bits per heavy atom. The molecule has 0 heterocycles. The minimum absolute atomic E-state index is 0.0824. The van der Waals surface area contributed by atoms with Gasteiger partial charge in [0.25, 0.3) is 10.0 Å². The van der Waals surface area contributed by atoms with Crippen molar-refractivity contribution < 1.29 is 17.9 Å². The van der Waals surface area contributed by atoms with Crippen LogP contribution in [0.15, 0.2) is 77.7 Å². The van der Waals surface area contributed by atoms with E-state index in [0.717, 1.165) is 15.4 Å². The number of sulfonamides is 1. The third kappa shape index (κ3) is 5.41. The first kappa shape index (κ1) is 23.6. The molecule has 0 fully saturated rings. The summed E-state index contributed by atoms with van der Waals surface area (Å²) >= 11 is 6.24. The zero-order chi connectivity index (χ0) is 23.3. The lowest BCUT2D eigenvalue weighted by molar-refractivity contribution is -0.120. The molecule has 3 aromatic rings. The second kappa shape index (κ2) is 10.1. The van der Waals surface area contributed by atoms with Crippen LogP contribution < -0.4 is 14.4 Å². The van der Waals surface area contributed by atoms with Crippen LogP contribution >= 0.6 is 11.6 Å². The fourth-order valence-electron chi connectivity index (χ4n) is 3.21. The van der Waals surface area contributed by atoms with Gasteiger partial charge in [-0.05, 0) is 49.7 Å². The minimum atomic E-state index is -4.03. The topological polar surface area (TPSA) is 75.7 Å². The molecule has 8 heteroatoms. The van der Waals surface area contributed by atoms with Crippen molar-refractivity contribution in [1.82, 2.24) is 5.32 Å². The second-order valence-corrected chi connectivity index (χ2v) is 9.61. The molecule has 0 saturated carbocycles. The molecule has 1 N–H and O–H groups in total. The Morgan fingerprint density at radius 1 is 1.06 bits per heavy atom. The SMILES string of the molecule is COc1ccc(N(CC(=O)N[C@H](C)c2ccccc2)S(=O)(=O)c2ccc(C)cc2)cc1Cl. The minimum Gasteiger partial charge on any atom is -0.495 e. The first-order valence-electron chi connectivity index (χ1n) is 9.99. The number of methoxy groups -OCH3 is 1. The summed E-state index contributed by atoms with van der Waals surface area (Å²) in [5.74, 6) is -0.0331. The average Bonchev–Trinajstić information content (AvgIpc) is 2.78. The Morgan fingerprint density at radius 2 is 1.72 bits per heavy atom.